The average molecular weight is 459 g/mol. The summed E-state index contributed by atoms with van der Waals surface area (Å²) < 4.78 is 20.2. The molecule has 0 bridgehead atoms. The van der Waals surface area contributed by atoms with E-state index in [9.17, 15) is 9.18 Å². The van der Waals surface area contributed by atoms with Gasteiger partial charge in [-0.05, 0) is 68.5 Å². The first-order valence-electron chi connectivity index (χ1n) is 11.6. The van der Waals surface area contributed by atoms with Gasteiger partial charge in [-0.2, -0.15) is 5.10 Å². The van der Waals surface area contributed by atoms with Gasteiger partial charge in [-0.25, -0.2) is 4.39 Å². The number of ether oxygens (including phenoxy) is 1. The molecule has 7 heteroatoms. The van der Waals surface area contributed by atoms with Crippen LogP contribution in [0.2, 0.25) is 0 Å². The molecule has 1 N–H and O–H groups in total. The first-order chi connectivity index (χ1) is 16.5. The summed E-state index contributed by atoms with van der Waals surface area (Å²) in [4.78, 5) is 19.4. The van der Waals surface area contributed by atoms with Gasteiger partial charge < -0.3 is 9.64 Å². The minimum absolute atomic E-state index is 0.114. The highest BCUT2D eigenvalue weighted by atomic mass is 19.1. The van der Waals surface area contributed by atoms with Crippen molar-refractivity contribution >= 4 is 16.8 Å². The monoisotopic (exact) mass is 458 g/mol. The fourth-order valence-electron chi connectivity index (χ4n) is 4.61. The zero-order valence-electron chi connectivity index (χ0n) is 19.3. The number of aryl methyl sites for hydroxylation is 1. The number of nitrogens with one attached hydrogen (secondary N) is 1. The molecule has 1 fully saturated rings. The molecule has 4 aromatic rings. The van der Waals surface area contributed by atoms with Gasteiger partial charge in [-0.3, -0.25) is 14.9 Å². The van der Waals surface area contributed by atoms with Crippen LogP contribution in [0.5, 0.6) is 5.75 Å². The number of pyridine rings is 1. The zero-order valence-corrected chi connectivity index (χ0v) is 19.3. The third-order valence-electron chi connectivity index (χ3n) is 6.48. The van der Waals surface area contributed by atoms with Gasteiger partial charge >= 0.3 is 0 Å². The number of hydrogen-bond acceptors (Lipinski definition) is 4. The molecule has 2 aromatic carbocycles. The van der Waals surface area contributed by atoms with E-state index in [1.807, 2.05) is 19.1 Å². The van der Waals surface area contributed by atoms with E-state index in [-0.39, 0.29) is 17.8 Å². The molecular weight excluding hydrogens is 431 g/mol. The first-order valence-corrected chi connectivity index (χ1v) is 11.6. The summed E-state index contributed by atoms with van der Waals surface area (Å²) in [5.41, 5.74) is 4.71. The van der Waals surface area contributed by atoms with Crippen molar-refractivity contribution in [1.29, 1.82) is 0 Å². The minimum Gasteiger partial charge on any atom is -0.490 e. The third-order valence-corrected chi connectivity index (χ3v) is 6.48. The van der Waals surface area contributed by atoms with Gasteiger partial charge in [-0.1, -0.05) is 12.1 Å². The van der Waals surface area contributed by atoms with Crippen molar-refractivity contribution in [3.05, 3.63) is 77.5 Å². The van der Waals surface area contributed by atoms with Gasteiger partial charge in [0.2, 0.25) is 0 Å². The summed E-state index contributed by atoms with van der Waals surface area (Å²) in [6.07, 6.45) is 7.88. The van der Waals surface area contributed by atoms with Crippen LogP contribution < -0.4 is 4.74 Å². The maximum absolute atomic E-state index is 13.9. The number of hydrogen-bond donors (Lipinski definition) is 1. The van der Waals surface area contributed by atoms with Crippen LogP contribution in [0.15, 0.2) is 54.9 Å². The topological polar surface area (TPSA) is 71.1 Å². The Morgan fingerprint density at radius 1 is 1.18 bits per heavy atom. The van der Waals surface area contributed by atoms with Crippen LogP contribution in [-0.2, 0) is 6.54 Å². The highest BCUT2D eigenvalue weighted by Gasteiger charge is 2.21. The van der Waals surface area contributed by atoms with Gasteiger partial charge in [0.15, 0.2) is 0 Å². The van der Waals surface area contributed by atoms with Gasteiger partial charge in [0.05, 0.1) is 17.8 Å². The van der Waals surface area contributed by atoms with E-state index in [1.54, 1.807) is 42.5 Å². The van der Waals surface area contributed by atoms with E-state index < -0.39 is 0 Å². The number of amides is 1. The summed E-state index contributed by atoms with van der Waals surface area (Å²) in [6, 6.07) is 11.9. The number of rotatable bonds is 6. The summed E-state index contributed by atoms with van der Waals surface area (Å²) in [5, 5.41) is 8.09. The fourth-order valence-corrected chi connectivity index (χ4v) is 4.61. The molecule has 2 heterocycles. The van der Waals surface area contributed by atoms with Crippen LogP contribution in [0, 0.1) is 12.7 Å². The Hall–Kier alpha value is -3.74. The van der Waals surface area contributed by atoms with Crippen LogP contribution >= 0.6 is 0 Å². The number of aromatic amines is 1. The second-order valence-corrected chi connectivity index (χ2v) is 8.93. The van der Waals surface area contributed by atoms with E-state index >= 15 is 0 Å². The Bertz CT molecular complexity index is 1340. The quantitative estimate of drug-likeness (QED) is 0.404. The van der Waals surface area contributed by atoms with E-state index in [0.717, 1.165) is 59.0 Å². The first kappa shape index (κ1) is 22.1. The van der Waals surface area contributed by atoms with Crippen LogP contribution in [0.4, 0.5) is 4.39 Å². The number of aromatic nitrogens is 3. The summed E-state index contributed by atoms with van der Waals surface area (Å²) in [6.45, 7) is 2.32. The molecule has 0 spiro atoms. The van der Waals surface area contributed by atoms with Gasteiger partial charge in [-0.15, -0.1) is 0 Å². The Kier molecular flexibility index (Phi) is 6.01. The maximum Gasteiger partial charge on any atom is 0.254 e. The molecule has 1 aliphatic carbocycles. The fraction of sp³-hybridized carbons (Fsp3) is 0.296. The van der Waals surface area contributed by atoms with Gasteiger partial charge in [0.25, 0.3) is 5.91 Å². The molecule has 5 rings (SSSR count). The molecule has 0 atom stereocenters. The molecule has 1 amide bonds. The van der Waals surface area contributed by atoms with E-state index in [4.69, 9.17) is 4.74 Å². The van der Waals surface area contributed by atoms with Crippen molar-refractivity contribution in [1.82, 2.24) is 20.1 Å². The average Bonchev–Trinajstić information content (AvgIpc) is 3.53. The third kappa shape index (κ3) is 4.38. The SMILES string of the molecule is Cc1ncc(CN(C)C(=O)c2ccc(-c3cccc(F)c3)c(OC3CCCC3)c2)c2[nH]ncc12. The molecule has 34 heavy (non-hydrogen) atoms. The highest BCUT2D eigenvalue weighted by molar-refractivity contribution is 5.96. The number of carbonyl (C=O) groups is 1. The molecule has 174 valence electrons. The van der Waals surface area contributed by atoms with Crippen molar-refractivity contribution in [3.8, 4) is 16.9 Å². The van der Waals surface area contributed by atoms with Crippen molar-refractivity contribution in [2.75, 3.05) is 7.05 Å². The number of fused-ring (bicyclic) bond motifs is 1. The van der Waals surface area contributed by atoms with Crippen LogP contribution in [0.3, 0.4) is 0 Å². The smallest absolute Gasteiger partial charge is 0.254 e. The Labute approximate surface area is 197 Å². The Morgan fingerprint density at radius 3 is 2.79 bits per heavy atom. The van der Waals surface area contributed by atoms with E-state index in [1.165, 1.54) is 12.1 Å². The molecular formula is C27H27FN4O2. The minimum atomic E-state index is -0.305. The number of H-pyrrole nitrogens is 1. The summed E-state index contributed by atoms with van der Waals surface area (Å²) >= 11 is 0. The molecule has 0 radical (unpaired) electrons. The van der Waals surface area contributed by atoms with Crippen molar-refractivity contribution in [2.24, 2.45) is 0 Å². The van der Waals surface area contributed by atoms with E-state index in [2.05, 4.69) is 15.2 Å². The predicted molar refractivity (Wildman–Crippen MR) is 129 cm³/mol. The molecule has 6 nitrogen and oxygen atoms in total. The van der Waals surface area contributed by atoms with Crippen LogP contribution in [0.1, 0.15) is 47.3 Å². The molecule has 2 aromatic heterocycles. The number of nitrogens with zero attached hydrogens (tertiary/aromatic N) is 3. The van der Waals surface area contributed by atoms with E-state index in [0.29, 0.717) is 17.9 Å². The van der Waals surface area contributed by atoms with Crippen molar-refractivity contribution < 1.29 is 13.9 Å². The summed E-state index contributed by atoms with van der Waals surface area (Å²) in [5.74, 6) is 0.182. The molecule has 0 unspecified atom stereocenters. The number of halogens is 1. The molecule has 0 saturated heterocycles. The molecule has 1 saturated carbocycles. The van der Waals surface area contributed by atoms with Crippen LogP contribution in [0.25, 0.3) is 22.0 Å². The summed E-state index contributed by atoms with van der Waals surface area (Å²) in [7, 11) is 1.77. The lowest BCUT2D eigenvalue weighted by Gasteiger charge is -2.21. The normalized spacial score (nSPS) is 14.0. The number of carbonyl (C=O) groups excluding carboxylic acids is 1. The Morgan fingerprint density at radius 2 is 2.00 bits per heavy atom. The lowest BCUT2D eigenvalue weighted by atomic mass is 10.0. The second kappa shape index (κ2) is 9.25. The highest BCUT2D eigenvalue weighted by Crippen LogP contribution is 2.35. The predicted octanol–water partition coefficient (Wildman–Crippen LogP) is 5.67. The second-order valence-electron chi connectivity index (χ2n) is 8.93. The lowest BCUT2D eigenvalue weighted by molar-refractivity contribution is 0.0784. The maximum atomic E-state index is 13.9. The lowest BCUT2D eigenvalue weighted by Crippen LogP contribution is -2.26. The zero-order chi connectivity index (χ0) is 23.7. The standard InChI is InChI=1S/C27H27FN4O2/c1-17-24-15-30-31-26(24)20(14-29-17)16-32(2)27(33)19-10-11-23(18-6-5-7-21(28)12-18)25(13-19)34-22-8-3-4-9-22/h5-7,10-15,22H,3-4,8-9,16H2,1-2H3,(H,30,31). The largest absolute Gasteiger partial charge is 0.490 e. The van der Waals surface area contributed by atoms with Crippen molar-refractivity contribution in [3.63, 3.8) is 0 Å². The molecule has 0 aliphatic heterocycles. The number of benzene rings is 2. The van der Waals surface area contributed by atoms with Gasteiger partial charge in [0, 0.05) is 47.6 Å². The Balaban J connectivity index is 1.44. The van der Waals surface area contributed by atoms with Crippen molar-refractivity contribution in [2.45, 2.75) is 45.3 Å². The molecule has 1 aliphatic rings. The van der Waals surface area contributed by atoms with Gasteiger partial charge in [0.1, 0.15) is 11.6 Å². The van der Waals surface area contributed by atoms with Crippen LogP contribution in [-0.4, -0.2) is 39.1 Å².